The Labute approximate surface area is 153 Å². The molecule has 26 heavy (non-hydrogen) atoms. The summed E-state index contributed by atoms with van der Waals surface area (Å²) in [4.78, 5) is 20.0. The van der Waals surface area contributed by atoms with E-state index in [4.69, 9.17) is 9.47 Å². The molecule has 1 unspecified atom stereocenters. The van der Waals surface area contributed by atoms with E-state index in [0.29, 0.717) is 13.2 Å². The number of rotatable bonds is 5. The first-order valence-electron chi connectivity index (χ1n) is 8.90. The van der Waals surface area contributed by atoms with Gasteiger partial charge in [0, 0.05) is 39.3 Å². The number of pyridine rings is 1. The van der Waals surface area contributed by atoms with Crippen molar-refractivity contribution in [3.63, 3.8) is 0 Å². The third-order valence-electron chi connectivity index (χ3n) is 4.95. The zero-order chi connectivity index (χ0) is 18.0. The predicted molar refractivity (Wildman–Crippen MR) is 96.7 cm³/mol. The number of hydrogen-bond donors (Lipinski definition) is 0. The Hall–Kier alpha value is -2.60. The molecule has 1 amide bonds. The highest BCUT2D eigenvalue weighted by molar-refractivity contribution is 5.70. The summed E-state index contributed by atoms with van der Waals surface area (Å²) in [6, 6.07) is 14.0. The van der Waals surface area contributed by atoms with Crippen LogP contribution in [-0.4, -0.2) is 53.2 Å². The normalized spacial score (nSPS) is 22.8. The Bertz CT molecular complexity index is 783. The minimum atomic E-state index is -0.334. The number of amides is 1. The van der Waals surface area contributed by atoms with Crippen molar-refractivity contribution in [2.75, 3.05) is 26.7 Å². The van der Waals surface area contributed by atoms with Crippen LogP contribution in [0.3, 0.4) is 0 Å². The van der Waals surface area contributed by atoms with Crippen molar-refractivity contribution in [3.8, 4) is 5.75 Å². The van der Waals surface area contributed by atoms with Crippen molar-refractivity contribution in [3.05, 3.63) is 59.9 Å². The molecule has 6 nitrogen and oxygen atoms in total. The van der Waals surface area contributed by atoms with E-state index in [1.807, 2.05) is 30.3 Å². The molecular formula is C20H23N3O3. The molecule has 0 N–H and O–H groups in total. The molecule has 0 saturated carbocycles. The fourth-order valence-corrected chi connectivity index (χ4v) is 3.70. The molecule has 0 aliphatic carbocycles. The fourth-order valence-electron chi connectivity index (χ4n) is 3.70. The highest BCUT2D eigenvalue weighted by atomic mass is 16.6. The lowest BCUT2D eigenvalue weighted by Gasteiger charge is -2.22. The van der Waals surface area contributed by atoms with Crippen LogP contribution in [0.4, 0.5) is 4.79 Å². The minimum Gasteiger partial charge on any atom is -0.487 e. The number of nitrogens with zero attached hydrogens (tertiary/aromatic N) is 3. The largest absolute Gasteiger partial charge is 0.487 e. The van der Waals surface area contributed by atoms with Crippen LogP contribution in [-0.2, 0) is 17.9 Å². The Kier molecular flexibility index (Phi) is 4.51. The Morgan fingerprint density at radius 2 is 2.15 bits per heavy atom. The van der Waals surface area contributed by atoms with Gasteiger partial charge in [0.15, 0.2) is 0 Å². The van der Waals surface area contributed by atoms with Crippen LogP contribution in [0.15, 0.2) is 48.7 Å². The van der Waals surface area contributed by atoms with Gasteiger partial charge in [-0.2, -0.15) is 0 Å². The molecule has 0 radical (unpaired) electrons. The van der Waals surface area contributed by atoms with E-state index in [-0.39, 0.29) is 11.7 Å². The van der Waals surface area contributed by atoms with E-state index in [0.717, 1.165) is 37.5 Å². The number of aromatic nitrogens is 1. The van der Waals surface area contributed by atoms with E-state index in [1.54, 1.807) is 18.1 Å². The van der Waals surface area contributed by atoms with Crippen molar-refractivity contribution < 1.29 is 14.3 Å². The summed E-state index contributed by atoms with van der Waals surface area (Å²) < 4.78 is 11.5. The number of carbonyl (C=O) groups excluding carboxylic acids is 1. The zero-order valence-electron chi connectivity index (χ0n) is 14.9. The third kappa shape index (κ3) is 3.65. The van der Waals surface area contributed by atoms with Crippen LogP contribution >= 0.6 is 0 Å². The summed E-state index contributed by atoms with van der Waals surface area (Å²) in [6.07, 6.45) is 2.45. The molecular weight excluding hydrogens is 330 g/mol. The summed E-state index contributed by atoms with van der Waals surface area (Å²) in [5, 5.41) is 0. The first-order valence-corrected chi connectivity index (χ1v) is 8.90. The van der Waals surface area contributed by atoms with Gasteiger partial charge in [0.2, 0.25) is 0 Å². The number of ether oxygens (including phenoxy) is 2. The van der Waals surface area contributed by atoms with Crippen molar-refractivity contribution in [2.24, 2.45) is 0 Å². The summed E-state index contributed by atoms with van der Waals surface area (Å²) in [7, 11) is 1.79. The maximum Gasteiger partial charge on any atom is 0.410 e. The van der Waals surface area contributed by atoms with Gasteiger partial charge >= 0.3 is 6.09 Å². The van der Waals surface area contributed by atoms with Crippen LogP contribution in [0.5, 0.6) is 5.75 Å². The van der Waals surface area contributed by atoms with Crippen LogP contribution in [0.1, 0.15) is 17.7 Å². The minimum absolute atomic E-state index is 0.211. The number of likely N-dealkylation sites (tertiary alicyclic amines) is 1. The molecule has 2 aliphatic rings. The van der Waals surface area contributed by atoms with Crippen LogP contribution in [0.2, 0.25) is 0 Å². The molecule has 2 saturated heterocycles. The van der Waals surface area contributed by atoms with E-state index in [9.17, 15) is 4.79 Å². The SMILES string of the molecule is CN1CC2(CCN(Cc3cccc(OCc4ccccn4)c3)C2)OC1=O. The monoisotopic (exact) mass is 353 g/mol. The van der Waals surface area contributed by atoms with Crippen molar-refractivity contribution >= 4 is 6.09 Å². The number of carbonyl (C=O) groups is 1. The van der Waals surface area contributed by atoms with Gasteiger partial charge in [-0.1, -0.05) is 18.2 Å². The second kappa shape index (κ2) is 6.96. The van der Waals surface area contributed by atoms with E-state index >= 15 is 0 Å². The summed E-state index contributed by atoms with van der Waals surface area (Å²) in [5.41, 5.74) is 1.77. The average Bonchev–Trinajstić information content (AvgIpc) is 3.16. The molecule has 136 valence electrons. The standard InChI is InChI=1S/C20H23N3O3/c1-22-14-20(26-19(22)24)8-10-23(15-20)12-16-5-4-7-18(11-16)25-13-17-6-2-3-9-21-17/h2-7,9,11H,8,10,12-15H2,1H3. The van der Waals surface area contributed by atoms with Gasteiger partial charge in [-0.05, 0) is 29.8 Å². The maximum atomic E-state index is 11.7. The molecule has 2 aromatic rings. The molecule has 1 atom stereocenters. The van der Waals surface area contributed by atoms with Gasteiger partial charge in [-0.15, -0.1) is 0 Å². The first-order chi connectivity index (χ1) is 12.6. The van der Waals surface area contributed by atoms with Gasteiger partial charge in [-0.3, -0.25) is 9.88 Å². The summed E-state index contributed by atoms with van der Waals surface area (Å²) >= 11 is 0. The Morgan fingerprint density at radius 3 is 2.92 bits per heavy atom. The van der Waals surface area contributed by atoms with Crippen LogP contribution in [0, 0.1) is 0 Å². The van der Waals surface area contributed by atoms with Gasteiger partial charge in [0.1, 0.15) is 18.0 Å². The first kappa shape index (κ1) is 16.8. The van der Waals surface area contributed by atoms with Crippen LogP contribution in [0.25, 0.3) is 0 Å². The van der Waals surface area contributed by atoms with E-state index < -0.39 is 0 Å². The predicted octanol–water partition coefficient (Wildman–Crippen LogP) is 2.69. The molecule has 3 heterocycles. The molecule has 2 fully saturated rings. The summed E-state index contributed by atoms with van der Waals surface area (Å²) in [6.45, 7) is 3.67. The second-order valence-corrected chi connectivity index (χ2v) is 7.12. The van der Waals surface area contributed by atoms with Crippen molar-refractivity contribution in [2.45, 2.75) is 25.2 Å². The number of benzene rings is 1. The van der Waals surface area contributed by atoms with Crippen molar-refractivity contribution in [1.82, 2.24) is 14.8 Å². The smallest absolute Gasteiger partial charge is 0.410 e. The van der Waals surface area contributed by atoms with Gasteiger partial charge in [0.05, 0.1) is 12.2 Å². The Balaban J connectivity index is 1.35. The zero-order valence-corrected chi connectivity index (χ0v) is 14.9. The fraction of sp³-hybridized carbons (Fsp3) is 0.400. The van der Waals surface area contributed by atoms with E-state index in [2.05, 4.69) is 22.0 Å². The molecule has 1 aromatic carbocycles. The summed E-state index contributed by atoms with van der Waals surface area (Å²) in [5.74, 6) is 0.842. The topological polar surface area (TPSA) is 54.9 Å². The molecule has 6 heteroatoms. The molecule has 4 rings (SSSR count). The molecule has 2 aliphatic heterocycles. The van der Waals surface area contributed by atoms with Gasteiger partial charge in [-0.25, -0.2) is 4.79 Å². The third-order valence-corrected chi connectivity index (χ3v) is 4.95. The highest BCUT2D eigenvalue weighted by Crippen LogP contribution is 2.32. The molecule has 1 spiro atoms. The second-order valence-electron chi connectivity index (χ2n) is 7.12. The lowest BCUT2D eigenvalue weighted by atomic mass is 10.0. The highest BCUT2D eigenvalue weighted by Gasteiger charge is 2.48. The molecule has 0 bridgehead atoms. The maximum absolute atomic E-state index is 11.7. The quantitative estimate of drug-likeness (QED) is 0.827. The Morgan fingerprint density at radius 1 is 1.23 bits per heavy atom. The van der Waals surface area contributed by atoms with Crippen molar-refractivity contribution in [1.29, 1.82) is 0 Å². The van der Waals surface area contributed by atoms with Gasteiger partial charge in [0.25, 0.3) is 0 Å². The van der Waals surface area contributed by atoms with E-state index in [1.165, 1.54) is 5.56 Å². The lowest BCUT2D eigenvalue weighted by molar-refractivity contribution is 0.0627. The molecule has 1 aromatic heterocycles. The average molecular weight is 353 g/mol. The number of hydrogen-bond acceptors (Lipinski definition) is 5. The number of likely N-dealkylation sites (N-methyl/N-ethyl adjacent to an activating group) is 1. The van der Waals surface area contributed by atoms with Gasteiger partial charge < -0.3 is 14.4 Å². The lowest BCUT2D eigenvalue weighted by Crippen LogP contribution is -2.37. The van der Waals surface area contributed by atoms with Crippen LogP contribution < -0.4 is 4.74 Å².